The summed E-state index contributed by atoms with van der Waals surface area (Å²) in [5, 5.41) is 10.3. The molecule has 7 heteroatoms. The van der Waals surface area contributed by atoms with Crippen LogP contribution in [0.25, 0.3) is 10.9 Å². The van der Waals surface area contributed by atoms with Crippen molar-refractivity contribution in [3.05, 3.63) is 66.4 Å². The van der Waals surface area contributed by atoms with Gasteiger partial charge in [0.05, 0.1) is 12.6 Å². The van der Waals surface area contributed by atoms with E-state index in [1.807, 2.05) is 48.2 Å². The van der Waals surface area contributed by atoms with E-state index in [1.54, 1.807) is 19.4 Å². The minimum Gasteiger partial charge on any atom is -0.497 e. The summed E-state index contributed by atoms with van der Waals surface area (Å²) in [7, 11) is 1.61. The molecule has 0 saturated carbocycles. The van der Waals surface area contributed by atoms with Crippen LogP contribution in [-0.2, 0) is 4.79 Å². The van der Waals surface area contributed by atoms with Crippen LogP contribution in [-0.4, -0.2) is 59.2 Å². The maximum atomic E-state index is 13.2. The van der Waals surface area contributed by atoms with Crippen molar-refractivity contribution in [2.75, 3.05) is 32.5 Å². The highest BCUT2D eigenvalue weighted by molar-refractivity contribution is 7.99. The van der Waals surface area contributed by atoms with E-state index in [0.29, 0.717) is 24.2 Å². The average molecular weight is 493 g/mol. The molecule has 6 nitrogen and oxygen atoms in total. The number of Topliss-reactive ketones (excluding diaryl/α,β-unsaturated/α-hetero) is 1. The maximum Gasteiger partial charge on any atom is 0.303 e. The number of ether oxygens (including phenoxy) is 1. The van der Waals surface area contributed by atoms with Crippen molar-refractivity contribution < 1.29 is 19.4 Å². The first-order valence-electron chi connectivity index (χ1n) is 12.1. The number of thioether (sulfide) groups is 1. The first-order valence-corrected chi connectivity index (χ1v) is 13.1. The molecule has 184 valence electrons. The predicted molar refractivity (Wildman–Crippen MR) is 139 cm³/mol. The number of piperidine rings is 1. The standard InChI is InChI=1S/C28H32N2O4S/c1-34-22-8-9-26-25(18-22)24(11-13-29-26)27(31)10-7-20-12-14-30(19-21(20)17-28(32)33)15-16-35-23-5-3-2-4-6-23/h2-6,8-9,11,13,18,20-21H,7,10,12,14-17,19H2,1H3,(H,32,33). The zero-order valence-electron chi connectivity index (χ0n) is 20.1. The Morgan fingerprint density at radius 2 is 1.97 bits per heavy atom. The lowest BCUT2D eigenvalue weighted by Crippen LogP contribution is -2.42. The molecule has 2 unspecified atom stereocenters. The first kappa shape index (κ1) is 25.2. The molecule has 0 spiro atoms. The molecular formula is C28H32N2O4S. The number of hydrogen-bond acceptors (Lipinski definition) is 6. The number of benzene rings is 2. The molecule has 35 heavy (non-hydrogen) atoms. The van der Waals surface area contributed by atoms with Gasteiger partial charge in [-0.1, -0.05) is 18.2 Å². The molecule has 1 aliphatic heterocycles. The molecule has 1 saturated heterocycles. The maximum absolute atomic E-state index is 13.2. The lowest BCUT2D eigenvalue weighted by molar-refractivity contribution is -0.139. The Labute approximate surface area is 210 Å². The average Bonchev–Trinajstić information content (AvgIpc) is 2.87. The number of hydrogen-bond donors (Lipinski definition) is 1. The van der Waals surface area contributed by atoms with Crippen molar-refractivity contribution in [3.8, 4) is 5.75 Å². The fraction of sp³-hybridized carbons (Fsp3) is 0.393. The molecule has 1 fully saturated rings. The lowest BCUT2D eigenvalue weighted by Gasteiger charge is -2.38. The van der Waals surface area contributed by atoms with Gasteiger partial charge in [0, 0.05) is 53.7 Å². The normalized spacial score (nSPS) is 18.4. The van der Waals surface area contributed by atoms with Crippen molar-refractivity contribution in [2.24, 2.45) is 11.8 Å². The molecule has 2 heterocycles. The van der Waals surface area contributed by atoms with Gasteiger partial charge in [0.1, 0.15) is 5.75 Å². The second-order valence-corrected chi connectivity index (χ2v) is 10.2. The number of carbonyl (C=O) groups is 2. The van der Waals surface area contributed by atoms with Gasteiger partial charge in [0.15, 0.2) is 5.78 Å². The van der Waals surface area contributed by atoms with E-state index in [2.05, 4.69) is 22.0 Å². The second-order valence-electron chi connectivity index (χ2n) is 9.07. The fourth-order valence-electron chi connectivity index (χ4n) is 4.95. The van der Waals surface area contributed by atoms with Crippen LogP contribution in [0.4, 0.5) is 0 Å². The number of carbonyl (C=O) groups excluding carboxylic acids is 1. The summed E-state index contributed by atoms with van der Waals surface area (Å²) in [6.45, 7) is 2.65. The molecule has 1 aromatic heterocycles. The number of aromatic nitrogens is 1. The van der Waals surface area contributed by atoms with Crippen molar-refractivity contribution in [2.45, 2.75) is 30.6 Å². The Kier molecular flexibility index (Phi) is 8.77. The zero-order valence-corrected chi connectivity index (χ0v) is 20.9. The minimum atomic E-state index is -0.765. The molecule has 0 radical (unpaired) electrons. The number of likely N-dealkylation sites (tertiary alicyclic amines) is 1. The Balaban J connectivity index is 1.35. The number of fused-ring (bicyclic) bond motifs is 1. The van der Waals surface area contributed by atoms with Gasteiger partial charge < -0.3 is 14.7 Å². The Bertz CT molecular complexity index is 1150. The lowest BCUT2D eigenvalue weighted by atomic mass is 9.79. The molecule has 1 aliphatic rings. The topological polar surface area (TPSA) is 79.7 Å². The van der Waals surface area contributed by atoms with Crippen molar-refractivity contribution in [1.29, 1.82) is 0 Å². The van der Waals surface area contributed by atoms with Crippen molar-refractivity contribution in [1.82, 2.24) is 9.88 Å². The Morgan fingerprint density at radius 1 is 1.14 bits per heavy atom. The monoisotopic (exact) mass is 492 g/mol. The number of carboxylic acids is 1. The van der Waals surface area contributed by atoms with Gasteiger partial charge in [0.25, 0.3) is 0 Å². The number of aliphatic carboxylic acids is 1. The molecule has 0 aliphatic carbocycles. The highest BCUT2D eigenvalue weighted by Gasteiger charge is 2.31. The molecular weight excluding hydrogens is 460 g/mol. The van der Waals surface area contributed by atoms with E-state index < -0.39 is 5.97 Å². The molecule has 4 rings (SSSR count). The molecule has 0 bridgehead atoms. The molecule has 2 aromatic carbocycles. The third-order valence-electron chi connectivity index (χ3n) is 6.82. The predicted octanol–water partition coefficient (Wildman–Crippen LogP) is 5.41. The number of pyridine rings is 1. The highest BCUT2D eigenvalue weighted by Crippen LogP contribution is 2.32. The van der Waals surface area contributed by atoms with Crippen molar-refractivity contribution in [3.63, 3.8) is 0 Å². The second kappa shape index (κ2) is 12.2. The Morgan fingerprint density at radius 3 is 2.74 bits per heavy atom. The largest absolute Gasteiger partial charge is 0.497 e. The van der Waals surface area contributed by atoms with Crippen LogP contribution >= 0.6 is 11.8 Å². The number of methoxy groups -OCH3 is 1. The number of nitrogens with zero attached hydrogens (tertiary/aromatic N) is 2. The van der Waals surface area contributed by atoms with E-state index in [0.717, 1.165) is 42.7 Å². The first-order chi connectivity index (χ1) is 17.0. The van der Waals surface area contributed by atoms with Gasteiger partial charge in [-0.15, -0.1) is 11.8 Å². The Hall–Kier alpha value is -2.90. The summed E-state index contributed by atoms with van der Waals surface area (Å²) in [5.74, 6) is 1.27. The quantitative estimate of drug-likeness (QED) is 0.283. The third kappa shape index (κ3) is 6.83. The van der Waals surface area contributed by atoms with Crippen LogP contribution in [0.1, 0.15) is 36.0 Å². The molecule has 1 N–H and O–H groups in total. The third-order valence-corrected chi connectivity index (χ3v) is 7.82. The summed E-state index contributed by atoms with van der Waals surface area (Å²) in [6.07, 6.45) is 3.85. The smallest absolute Gasteiger partial charge is 0.303 e. The zero-order chi connectivity index (χ0) is 24.6. The number of carboxylic acid groups (broad SMARTS) is 1. The van der Waals surface area contributed by atoms with Crippen LogP contribution in [0.15, 0.2) is 65.7 Å². The number of ketones is 1. The SMILES string of the molecule is COc1ccc2nccc(C(=O)CCC3CCN(CCSc4ccccc4)CC3CC(=O)O)c2c1. The molecule has 2 atom stereocenters. The van der Waals surface area contributed by atoms with E-state index in [4.69, 9.17) is 4.74 Å². The summed E-state index contributed by atoms with van der Waals surface area (Å²) in [6, 6.07) is 17.7. The summed E-state index contributed by atoms with van der Waals surface area (Å²) >= 11 is 1.83. The van der Waals surface area contributed by atoms with E-state index in [9.17, 15) is 14.7 Å². The highest BCUT2D eigenvalue weighted by atomic mass is 32.2. The van der Waals surface area contributed by atoms with Gasteiger partial charge >= 0.3 is 5.97 Å². The van der Waals surface area contributed by atoms with Crippen LogP contribution < -0.4 is 4.74 Å². The summed E-state index contributed by atoms with van der Waals surface area (Å²) in [5.41, 5.74) is 1.42. The van der Waals surface area contributed by atoms with E-state index in [-0.39, 0.29) is 24.0 Å². The molecule has 3 aromatic rings. The van der Waals surface area contributed by atoms with Gasteiger partial charge in [-0.2, -0.15) is 0 Å². The van der Waals surface area contributed by atoms with Crippen LogP contribution in [0.5, 0.6) is 5.75 Å². The minimum absolute atomic E-state index is 0.0602. The summed E-state index contributed by atoms with van der Waals surface area (Å²) < 4.78 is 5.33. The molecule has 0 amide bonds. The van der Waals surface area contributed by atoms with E-state index in [1.165, 1.54) is 4.90 Å². The van der Waals surface area contributed by atoms with Crippen LogP contribution in [0.2, 0.25) is 0 Å². The summed E-state index contributed by atoms with van der Waals surface area (Å²) in [4.78, 5) is 32.7. The van der Waals surface area contributed by atoms with Gasteiger partial charge in [-0.05, 0) is 67.6 Å². The van der Waals surface area contributed by atoms with Crippen molar-refractivity contribution >= 4 is 34.4 Å². The van der Waals surface area contributed by atoms with Gasteiger partial charge in [-0.3, -0.25) is 14.6 Å². The van der Waals surface area contributed by atoms with Crippen LogP contribution in [0.3, 0.4) is 0 Å². The van der Waals surface area contributed by atoms with Gasteiger partial charge in [-0.25, -0.2) is 0 Å². The van der Waals surface area contributed by atoms with Gasteiger partial charge in [0.2, 0.25) is 0 Å². The van der Waals surface area contributed by atoms with Crippen LogP contribution in [0, 0.1) is 11.8 Å². The number of rotatable bonds is 11. The fourth-order valence-corrected chi connectivity index (χ4v) is 5.89. The van der Waals surface area contributed by atoms with E-state index >= 15 is 0 Å².